The van der Waals surface area contributed by atoms with Crippen molar-refractivity contribution in [1.82, 2.24) is 20.2 Å². The third kappa shape index (κ3) is 5.99. The van der Waals surface area contributed by atoms with Crippen LogP contribution in [0.5, 0.6) is 0 Å². The van der Waals surface area contributed by atoms with E-state index in [1.807, 2.05) is 25.1 Å². The Kier molecular flexibility index (Phi) is 7.24. The van der Waals surface area contributed by atoms with Gasteiger partial charge >= 0.3 is 0 Å². The van der Waals surface area contributed by atoms with Gasteiger partial charge in [0.2, 0.25) is 5.91 Å². The smallest absolute Gasteiger partial charge is 0.234 e. The van der Waals surface area contributed by atoms with Gasteiger partial charge in [0, 0.05) is 25.0 Å². The molecule has 6 nitrogen and oxygen atoms in total. The van der Waals surface area contributed by atoms with E-state index < -0.39 is 0 Å². The highest BCUT2D eigenvalue weighted by molar-refractivity contribution is 5.77. The van der Waals surface area contributed by atoms with Gasteiger partial charge < -0.3 is 10.1 Å². The normalized spacial score (nSPS) is 16.6. The van der Waals surface area contributed by atoms with Gasteiger partial charge in [-0.25, -0.2) is 0 Å². The summed E-state index contributed by atoms with van der Waals surface area (Å²) in [6, 6.07) is 18.4. The molecule has 0 unspecified atom stereocenters. The van der Waals surface area contributed by atoms with Gasteiger partial charge in [0.25, 0.3) is 0 Å². The Morgan fingerprint density at radius 1 is 1.16 bits per heavy atom. The molecule has 1 N–H and O–H groups in total. The minimum atomic E-state index is -0.136. The number of aromatic nitrogens is 2. The Morgan fingerprint density at radius 2 is 2.00 bits per heavy atom. The molecule has 32 heavy (non-hydrogen) atoms. The van der Waals surface area contributed by atoms with Crippen molar-refractivity contribution in [2.75, 3.05) is 26.2 Å². The number of morpholine rings is 1. The van der Waals surface area contributed by atoms with E-state index in [4.69, 9.17) is 9.72 Å². The first kappa shape index (κ1) is 22.1. The van der Waals surface area contributed by atoms with Crippen molar-refractivity contribution in [3.8, 4) is 0 Å². The highest BCUT2D eigenvalue weighted by Crippen LogP contribution is 2.23. The van der Waals surface area contributed by atoms with Gasteiger partial charge in [-0.3, -0.25) is 19.7 Å². The van der Waals surface area contributed by atoms with Crippen molar-refractivity contribution in [3.05, 3.63) is 94.6 Å². The average molecular weight is 431 g/mol. The first-order chi connectivity index (χ1) is 15.6. The number of aryl methyl sites for hydroxylation is 2. The molecule has 1 fully saturated rings. The summed E-state index contributed by atoms with van der Waals surface area (Å²) in [5.41, 5.74) is 6.62. The van der Waals surface area contributed by atoms with E-state index in [0.29, 0.717) is 26.2 Å². The number of carbonyl (C=O) groups is 1. The van der Waals surface area contributed by atoms with Crippen molar-refractivity contribution < 1.29 is 9.53 Å². The molecule has 2 aromatic heterocycles. The molecule has 1 atom stereocenters. The molecule has 0 radical (unpaired) electrons. The van der Waals surface area contributed by atoms with E-state index in [2.05, 4.69) is 58.5 Å². The quantitative estimate of drug-likeness (QED) is 0.623. The molecule has 0 spiro atoms. The topological polar surface area (TPSA) is 67.4 Å². The SMILES string of the molecule is Cc1cc(Cc2ccccc2C)cc([C@H]2CN(CC(=O)NCc3ccccn3)CCO2)n1. The fourth-order valence-electron chi connectivity index (χ4n) is 4.04. The van der Waals surface area contributed by atoms with Gasteiger partial charge in [0.1, 0.15) is 6.10 Å². The van der Waals surface area contributed by atoms with Crippen LogP contribution in [0, 0.1) is 13.8 Å². The molecule has 3 aromatic rings. The van der Waals surface area contributed by atoms with Crippen molar-refractivity contribution in [2.24, 2.45) is 0 Å². The Hall–Kier alpha value is -3.09. The number of ether oxygens (including phenoxy) is 1. The van der Waals surface area contributed by atoms with E-state index >= 15 is 0 Å². The maximum atomic E-state index is 12.4. The summed E-state index contributed by atoms with van der Waals surface area (Å²) in [7, 11) is 0. The van der Waals surface area contributed by atoms with Crippen LogP contribution in [-0.2, 0) is 22.5 Å². The number of benzene rings is 1. The Bertz CT molecular complexity index is 1050. The summed E-state index contributed by atoms with van der Waals surface area (Å²) in [6.07, 6.45) is 2.47. The lowest BCUT2D eigenvalue weighted by Gasteiger charge is -2.32. The van der Waals surface area contributed by atoms with E-state index in [1.165, 1.54) is 16.7 Å². The van der Waals surface area contributed by atoms with Crippen molar-refractivity contribution in [2.45, 2.75) is 32.9 Å². The number of rotatable bonds is 7. The fraction of sp³-hybridized carbons (Fsp3) is 0.346. The number of carbonyl (C=O) groups excluding carboxylic acids is 1. The summed E-state index contributed by atoms with van der Waals surface area (Å²) >= 11 is 0. The summed E-state index contributed by atoms with van der Waals surface area (Å²) in [5.74, 6) is -0.00579. The highest BCUT2D eigenvalue weighted by atomic mass is 16.5. The maximum absolute atomic E-state index is 12.4. The zero-order valence-electron chi connectivity index (χ0n) is 18.8. The van der Waals surface area contributed by atoms with Crippen LogP contribution in [0.2, 0.25) is 0 Å². The molecular weight excluding hydrogens is 400 g/mol. The molecule has 4 rings (SSSR count). The number of nitrogens with one attached hydrogen (secondary N) is 1. The predicted molar refractivity (Wildman–Crippen MR) is 124 cm³/mol. The highest BCUT2D eigenvalue weighted by Gasteiger charge is 2.25. The molecule has 6 heteroatoms. The summed E-state index contributed by atoms with van der Waals surface area (Å²) in [6.45, 7) is 6.92. The molecule has 1 amide bonds. The van der Waals surface area contributed by atoms with Gasteiger partial charge in [-0.1, -0.05) is 30.3 Å². The third-order valence-corrected chi connectivity index (χ3v) is 5.73. The van der Waals surface area contributed by atoms with Gasteiger partial charge in [-0.15, -0.1) is 0 Å². The van der Waals surface area contributed by atoms with Gasteiger partial charge in [-0.05, 0) is 61.2 Å². The Morgan fingerprint density at radius 3 is 2.81 bits per heavy atom. The molecule has 166 valence electrons. The largest absolute Gasteiger partial charge is 0.369 e. The van der Waals surface area contributed by atoms with Gasteiger partial charge in [0.05, 0.1) is 31.1 Å². The number of pyridine rings is 2. The van der Waals surface area contributed by atoms with E-state index in [-0.39, 0.29) is 12.0 Å². The van der Waals surface area contributed by atoms with Crippen molar-refractivity contribution in [1.29, 1.82) is 0 Å². The minimum absolute atomic E-state index is 0.00579. The Labute approximate surface area is 189 Å². The predicted octanol–water partition coefficient (Wildman–Crippen LogP) is 3.37. The first-order valence-corrected chi connectivity index (χ1v) is 11.1. The van der Waals surface area contributed by atoms with Crippen LogP contribution < -0.4 is 5.32 Å². The Balaban J connectivity index is 1.38. The second-order valence-electron chi connectivity index (χ2n) is 8.34. The lowest BCUT2D eigenvalue weighted by molar-refractivity contribution is -0.124. The molecule has 0 aliphatic carbocycles. The second kappa shape index (κ2) is 10.5. The molecule has 1 aromatic carbocycles. The summed E-state index contributed by atoms with van der Waals surface area (Å²) in [4.78, 5) is 23.6. The zero-order chi connectivity index (χ0) is 22.3. The van der Waals surface area contributed by atoms with Crippen molar-refractivity contribution >= 4 is 5.91 Å². The number of hydrogen-bond donors (Lipinski definition) is 1. The fourth-order valence-corrected chi connectivity index (χ4v) is 4.04. The minimum Gasteiger partial charge on any atom is -0.369 e. The molecule has 1 aliphatic heterocycles. The average Bonchev–Trinajstić information content (AvgIpc) is 2.80. The molecule has 1 aliphatic rings. The van der Waals surface area contributed by atoms with Crippen molar-refractivity contribution in [3.63, 3.8) is 0 Å². The lowest BCUT2D eigenvalue weighted by Crippen LogP contribution is -2.44. The molecule has 3 heterocycles. The van der Waals surface area contributed by atoms with Gasteiger partial charge in [-0.2, -0.15) is 0 Å². The lowest BCUT2D eigenvalue weighted by atomic mass is 9.99. The number of hydrogen-bond acceptors (Lipinski definition) is 5. The van der Waals surface area contributed by atoms with Crippen LogP contribution in [-0.4, -0.2) is 47.0 Å². The van der Waals surface area contributed by atoms with Gasteiger partial charge in [0.15, 0.2) is 0 Å². The standard InChI is InChI=1S/C26H30N4O2/c1-19-7-3-4-8-22(19)14-21-13-20(2)29-24(15-21)25-17-30(11-12-32-25)18-26(31)28-16-23-9-5-6-10-27-23/h3-10,13,15,25H,11-12,14,16-18H2,1-2H3,(H,28,31)/t25-/m1/s1. The second-order valence-corrected chi connectivity index (χ2v) is 8.34. The molecular formula is C26H30N4O2. The van der Waals surface area contributed by atoms with Crippen LogP contribution >= 0.6 is 0 Å². The van der Waals surface area contributed by atoms with Crippen LogP contribution in [0.15, 0.2) is 60.8 Å². The summed E-state index contributed by atoms with van der Waals surface area (Å²) in [5, 5.41) is 2.95. The van der Waals surface area contributed by atoms with E-state index in [9.17, 15) is 4.79 Å². The molecule has 0 saturated carbocycles. The summed E-state index contributed by atoms with van der Waals surface area (Å²) < 4.78 is 6.04. The number of nitrogens with zero attached hydrogens (tertiary/aromatic N) is 3. The maximum Gasteiger partial charge on any atom is 0.234 e. The monoisotopic (exact) mass is 430 g/mol. The van der Waals surface area contributed by atoms with Crippen LogP contribution in [0.1, 0.15) is 39.9 Å². The number of amides is 1. The van der Waals surface area contributed by atoms with Crippen LogP contribution in [0.3, 0.4) is 0 Å². The van der Waals surface area contributed by atoms with E-state index in [1.54, 1.807) is 6.20 Å². The molecule has 0 bridgehead atoms. The first-order valence-electron chi connectivity index (χ1n) is 11.1. The van der Waals surface area contributed by atoms with E-state index in [0.717, 1.165) is 30.0 Å². The van der Waals surface area contributed by atoms with Crippen LogP contribution in [0.25, 0.3) is 0 Å². The third-order valence-electron chi connectivity index (χ3n) is 5.73. The molecule has 1 saturated heterocycles. The van der Waals surface area contributed by atoms with Crippen LogP contribution in [0.4, 0.5) is 0 Å². The zero-order valence-corrected chi connectivity index (χ0v) is 18.8.